The number of carbonyl (C=O) groups is 1. The molecule has 18 heavy (non-hydrogen) atoms. The number of hydrogen-bond donors (Lipinski definition) is 0. The zero-order chi connectivity index (χ0) is 13.2. The summed E-state index contributed by atoms with van der Waals surface area (Å²) in [6.07, 6.45) is 3.65. The summed E-state index contributed by atoms with van der Waals surface area (Å²) in [7, 11) is 0. The van der Waals surface area contributed by atoms with Gasteiger partial charge in [-0.25, -0.2) is 0 Å². The maximum atomic E-state index is 12.2. The highest BCUT2D eigenvalue weighted by Crippen LogP contribution is 2.30. The molecule has 2 rings (SSSR count). The van der Waals surface area contributed by atoms with Crippen molar-refractivity contribution in [2.75, 3.05) is 19.6 Å². The monoisotopic (exact) mass is 329 g/mol. The Kier molecular flexibility index (Phi) is 4.62. The highest BCUT2D eigenvalue weighted by molar-refractivity contribution is 9.10. The molecule has 0 atom stereocenters. The number of halogens is 1. The Labute approximate surface area is 122 Å². The summed E-state index contributed by atoms with van der Waals surface area (Å²) in [4.78, 5) is 15.4. The van der Waals surface area contributed by atoms with E-state index in [4.69, 9.17) is 0 Å². The Balaban J connectivity index is 1.94. The van der Waals surface area contributed by atoms with Gasteiger partial charge in [0, 0.05) is 4.47 Å². The molecule has 0 spiro atoms. The second kappa shape index (κ2) is 5.85. The molecule has 1 aliphatic rings. The number of thiophene rings is 1. The lowest BCUT2D eigenvalue weighted by atomic mass is 9.85. The van der Waals surface area contributed by atoms with Crippen LogP contribution in [-0.2, 0) is 0 Å². The van der Waals surface area contributed by atoms with E-state index in [0.717, 1.165) is 22.4 Å². The van der Waals surface area contributed by atoms with Gasteiger partial charge in [0.1, 0.15) is 0 Å². The molecular formula is C14H20BrNOS. The van der Waals surface area contributed by atoms with Crippen LogP contribution in [0.2, 0.25) is 0 Å². The van der Waals surface area contributed by atoms with Gasteiger partial charge in [-0.3, -0.25) is 9.69 Å². The van der Waals surface area contributed by atoms with E-state index >= 15 is 0 Å². The predicted octanol–water partition coefficient (Wildman–Crippen LogP) is 4.21. The van der Waals surface area contributed by atoms with Gasteiger partial charge in [-0.2, -0.15) is 0 Å². The third kappa shape index (κ3) is 3.65. The van der Waals surface area contributed by atoms with E-state index in [1.807, 2.05) is 11.4 Å². The Bertz CT molecular complexity index is 427. The van der Waals surface area contributed by atoms with Crippen LogP contribution in [0.15, 0.2) is 15.9 Å². The summed E-state index contributed by atoms with van der Waals surface area (Å²) in [5.41, 5.74) is 0.432. The molecule has 1 aliphatic heterocycles. The summed E-state index contributed by atoms with van der Waals surface area (Å²) < 4.78 is 0.938. The molecule has 0 aromatic carbocycles. The lowest BCUT2D eigenvalue weighted by molar-refractivity contribution is 0.0934. The first kappa shape index (κ1) is 14.2. The smallest absolute Gasteiger partial charge is 0.187 e. The molecule has 1 aromatic rings. The van der Waals surface area contributed by atoms with Crippen LogP contribution < -0.4 is 0 Å². The first-order valence-corrected chi connectivity index (χ1v) is 8.14. The van der Waals surface area contributed by atoms with Crippen molar-refractivity contribution < 1.29 is 4.79 Å². The van der Waals surface area contributed by atoms with Gasteiger partial charge in [0.05, 0.1) is 11.4 Å². The van der Waals surface area contributed by atoms with Crippen LogP contribution >= 0.6 is 27.3 Å². The lowest BCUT2D eigenvalue weighted by Gasteiger charge is -2.22. The van der Waals surface area contributed by atoms with Gasteiger partial charge in [0.25, 0.3) is 0 Å². The molecule has 0 radical (unpaired) electrons. The number of Topliss-reactive ketones (excluding diaryl/α,β-unsaturated/α-hetero) is 1. The number of ketones is 1. The fraction of sp³-hybridized carbons (Fsp3) is 0.643. The third-order valence-corrected chi connectivity index (χ3v) is 5.55. The highest BCUT2D eigenvalue weighted by Gasteiger charge is 2.24. The van der Waals surface area contributed by atoms with Crippen molar-refractivity contribution in [2.24, 2.45) is 5.41 Å². The maximum Gasteiger partial charge on any atom is 0.187 e. The van der Waals surface area contributed by atoms with Gasteiger partial charge in [-0.05, 0) is 65.1 Å². The second-order valence-electron chi connectivity index (χ2n) is 5.81. The highest BCUT2D eigenvalue weighted by atomic mass is 79.9. The largest absolute Gasteiger partial charge is 0.296 e. The SMILES string of the molecule is CC1(C)CCCN(CC(=O)c2sccc2Br)CC1. The second-order valence-corrected chi connectivity index (χ2v) is 7.59. The third-order valence-electron chi connectivity index (χ3n) is 3.67. The molecular weight excluding hydrogens is 310 g/mol. The summed E-state index contributed by atoms with van der Waals surface area (Å²) >= 11 is 4.96. The molecule has 0 bridgehead atoms. The van der Waals surface area contributed by atoms with Crippen LogP contribution in [0.3, 0.4) is 0 Å². The summed E-state index contributed by atoms with van der Waals surface area (Å²) in [5.74, 6) is 0.247. The molecule has 0 saturated carbocycles. The van der Waals surface area contributed by atoms with Crippen LogP contribution in [0.5, 0.6) is 0 Å². The van der Waals surface area contributed by atoms with Crippen molar-refractivity contribution in [2.45, 2.75) is 33.1 Å². The summed E-state index contributed by atoms with van der Waals surface area (Å²) in [6.45, 7) is 7.32. The minimum atomic E-state index is 0.247. The molecule has 0 unspecified atom stereocenters. The Hall–Kier alpha value is -0.190. The van der Waals surface area contributed by atoms with Gasteiger partial charge >= 0.3 is 0 Å². The van der Waals surface area contributed by atoms with Gasteiger partial charge in [-0.15, -0.1) is 11.3 Å². The van der Waals surface area contributed by atoms with Crippen molar-refractivity contribution in [3.63, 3.8) is 0 Å². The van der Waals surface area contributed by atoms with Crippen molar-refractivity contribution >= 4 is 33.0 Å². The normalized spacial score (nSPS) is 20.6. The zero-order valence-electron chi connectivity index (χ0n) is 11.0. The van der Waals surface area contributed by atoms with Crippen molar-refractivity contribution in [3.05, 3.63) is 20.8 Å². The van der Waals surface area contributed by atoms with Crippen LogP contribution in [0.25, 0.3) is 0 Å². The fourth-order valence-electron chi connectivity index (χ4n) is 2.40. The van der Waals surface area contributed by atoms with Gasteiger partial charge < -0.3 is 0 Å². The van der Waals surface area contributed by atoms with Gasteiger partial charge in [0.15, 0.2) is 5.78 Å². The van der Waals surface area contributed by atoms with E-state index in [2.05, 4.69) is 34.7 Å². The van der Waals surface area contributed by atoms with E-state index in [1.54, 1.807) is 0 Å². The predicted molar refractivity (Wildman–Crippen MR) is 80.4 cm³/mol. The van der Waals surface area contributed by atoms with E-state index in [-0.39, 0.29) is 5.78 Å². The quantitative estimate of drug-likeness (QED) is 0.774. The number of rotatable bonds is 3. The van der Waals surface area contributed by atoms with E-state index in [1.165, 1.54) is 30.6 Å². The van der Waals surface area contributed by atoms with E-state index in [9.17, 15) is 4.79 Å². The van der Waals surface area contributed by atoms with E-state index in [0.29, 0.717) is 12.0 Å². The molecule has 0 amide bonds. The van der Waals surface area contributed by atoms with Crippen LogP contribution in [-0.4, -0.2) is 30.3 Å². The van der Waals surface area contributed by atoms with Crippen LogP contribution in [0.1, 0.15) is 42.8 Å². The van der Waals surface area contributed by atoms with E-state index < -0.39 is 0 Å². The van der Waals surface area contributed by atoms with Crippen LogP contribution in [0.4, 0.5) is 0 Å². The van der Waals surface area contributed by atoms with Crippen molar-refractivity contribution in [1.82, 2.24) is 4.90 Å². The number of likely N-dealkylation sites (tertiary alicyclic amines) is 1. The Morgan fingerprint density at radius 1 is 1.44 bits per heavy atom. The van der Waals surface area contributed by atoms with Crippen molar-refractivity contribution in [3.8, 4) is 0 Å². The number of carbonyl (C=O) groups excluding carboxylic acids is 1. The molecule has 4 heteroatoms. The average molecular weight is 330 g/mol. The standard InChI is InChI=1S/C14H20BrNOS/c1-14(2)5-3-7-16(8-6-14)10-12(17)13-11(15)4-9-18-13/h4,9H,3,5-8,10H2,1-2H3. The molecule has 2 heterocycles. The van der Waals surface area contributed by atoms with Gasteiger partial charge in [0.2, 0.25) is 0 Å². The topological polar surface area (TPSA) is 20.3 Å². The molecule has 1 saturated heterocycles. The first-order chi connectivity index (χ1) is 8.48. The van der Waals surface area contributed by atoms with Crippen molar-refractivity contribution in [1.29, 1.82) is 0 Å². The molecule has 0 N–H and O–H groups in total. The number of hydrogen-bond acceptors (Lipinski definition) is 3. The summed E-state index contributed by atoms with van der Waals surface area (Å²) in [6, 6.07) is 1.95. The lowest BCUT2D eigenvalue weighted by Crippen LogP contribution is -2.31. The minimum Gasteiger partial charge on any atom is -0.296 e. The average Bonchev–Trinajstić information content (AvgIpc) is 2.64. The number of nitrogens with zero attached hydrogens (tertiary/aromatic N) is 1. The Morgan fingerprint density at radius 2 is 2.22 bits per heavy atom. The molecule has 1 aromatic heterocycles. The maximum absolute atomic E-state index is 12.2. The Morgan fingerprint density at radius 3 is 2.89 bits per heavy atom. The minimum absolute atomic E-state index is 0.247. The first-order valence-electron chi connectivity index (χ1n) is 6.46. The summed E-state index contributed by atoms with van der Waals surface area (Å²) in [5, 5.41) is 1.96. The van der Waals surface area contributed by atoms with Gasteiger partial charge in [-0.1, -0.05) is 13.8 Å². The molecule has 1 fully saturated rings. The molecule has 0 aliphatic carbocycles. The molecule has 2 nitrogen and oxygen atoms in total. The van der Waals surface area contributed by atoms with Crippen LogP contribution in [0, 0.1) is 5.41 Å². The zero-order valence-corrected chi connectivity index (χ0v) is 13.4. The fourth-order valence-corrected chi connectivity index (χ4v) is 3.93. The molecule has 100 valence electrons.